The molecule has 2 aromatic heterocycles. The zero-order valence-corrected chi connectivity index (χ0v) is 22.5. The molecule has 2 heterocycles. The van der Waals surface area contributed by atoms with Crippen LogP contribution in [-0.4, -0.2) is 25.8 Å². The minimum Gasteiger partial charge on any atom is -0.381 e. The van der Waals surface area contributed by atoms with E-state index in [-0.39, 0.29) is 11.6 Å². The third-order valence-corrected chi connectivity index (χ3v) is 6.49. The quantitative estimate of drug-likeness (QED) is 0.138. The fourth-order valence-electron chi connectivity index (χ4n) is 4.14. The van der Waals surface area contributed by atoms with E-state index in [0.29, 0.717) is 29.4 Å². The van der Waals surface area contributed by atoms with E-state index in [9.17, 15) is 14.9 Å². The summed E-state index contributed by atoms with van der Waals surface area (Å²) in [6, 6.07) is 23.1. The normalized spacial score (nSPS) is 10.6. The molecule has 0 saturated heterocycles. The molecule has 10 nitrogen and oxygen atoms in total. The molecule has 0 atom stereocenters. The van der Waals surface area contributed by atoms with Gasteiger partial charge in [0.05, 0.1) is 10.6 Å². The number of benzene rings is 3. The van der Waals surface area contributed by atoms with Gasteiger partial charge in [0.2, 0.25) is 5.95 Å². The third-order valence-electron chi connectivity index (χ3n) is 6.49. The van der Waals surface area contributed by atoms with Crippen molar-refractivity contribution in [2.24, 2.45) is 0 Å². The highest BCUT2D eigenvalue weighted by molar-refractivity contribution is 6.04. The first-order valence-electron chi connectivity index (χ1n) is 12.9. The molecular formula is C31H27N7O3. The molecule has 5 aromatic rings. The van der Waals surface area contributed by atoms with E-state index >= 15 is 0 Å². The number of nitrogens with one attached hydrogen (secondary N) is 3. The topological polar surface area (TPSA) is 135 Å². The number of hydrogen-bond acceptors (Lipinski definition) is 8. The van der Waals surface area contributed by atoms with Crippen molar-refractivity contribution in [2.45, 2.75) is 20.4 Å². The molecule has 0 spiro atoms. The number of anilines is 4. The number of non-ortho nitro benzene ring substituents is 1. The van der Waals surface area contributed by atoms with E-state index in [1.54, 1.807) is 36.8 Å². The fraction of sp³-hybridized carbons (Fsp3) is 0.0968. The van der Waals surface area contributed by atoms with E-state index in [2.05, 4.69) is 30.9 Å². The van der Waals surface area contributed by atoms with Crippen molar-refractivity contribution in [3.63, 3.8) is 0 Å². The molecule has 0 aliphatic carbocycles. The van der Waals surface area contributed by atoms with Gasteiger partial charge in [-0.15, -0.1) is 0 Å². The molecule has 204 valence electrons. The van der Waals surface area contributed by atoms with E-state index in [1.807, 2.05) is 62.4 Å². The summed E-state index contributed by atoms with van der Waals surface area (Å²) in [6.45, 7) is 4.31. The molecule has 10 heteroatoms. The van der Waals surface area contributed by atoms with Crippen LogP contribution < -0.4 is 16.0 Å². The highest BCUT2D eigenvalue weighted by Gasteiger charge is 2.11. The Balaban J connectivity index is 1.23. The fourth-order valence-corrected chi connectivity index (χ4v) is 4.14. The van der Waals surface area contributed by atoms with E-state index in [1.165, 1.54) is 12.1 Å². The largest absolute Gasteiger partial charge is 0.381 e. The molecule has 41 heavy (non-hydrogen) atoms. The number of carbonyl (C=O) groups is 1. The van der Waals surface area contributed by atoms with Crippen LogP contribution in [0.15, 0.2) is 97.5 Å². The maximum atomic E-state index is 13.0. The van der Waals surface area contributed by atoms with Gasteiger partial charge in [0, 0.05) is 65.5 Å². The third kappa shape index (κ3) is 6.69. The van der Waals surface area contributed by atoms with E-state index < -0.39 is 4.92 Å². The van der Waals surface area contributed by atoms with Gasteiger partial charge in [-0.1, -0.05) is 24.3 Å². The highest BCUT2D eigenvalue weighted by atomic mass is 16.6. The maximum absolute atomic E-state index is 13.0. The van der Waals surface area contributed by atoms with Gasteiger partial charge in [-0.25, -0.2) is 9.97 Å². The molecule has 0 unspecified atom stereocenters. The van der Waals surface area contributed by atoms with Gasteiger partial charge >= 0.3 is 0 Å². The molecule has 0 saturated carbocycles. The zero-order chi connectivity index (χ0) is 28.8. The maximum Gasteiger partial charge on any atom is 0.271 e. The van der Waals surface area contributed by atoms with Crippen LogP contribution in [0.3, 0.4) is 0 Å². The van der Waals surface area contributed by atoms with Gasteiger partial charge in [-0.3, -0.25) is 19.9 Å². The SMILES string of the molecule is Cc1ccc([N+](=O)[O-])cc1NCc1ccc(C(=O)Nc2ccc(C)c(Nc3nccc(-c4cccnc4)n3)c2)cc1. The molecule has 0 bridgehead atoms. The van der Waals surface area contributed by atoms with Gasteiger partial charge in [0.25, 0.3) is 11.6 Å². The van der Waals surface area contributed by atoms with Crippen LogP contribution in [0.4, 0.5) is 28.7 Å². The molecular weight excluding hydrogens is 518 g/mol. The average Bonchev–Trinajstić information content (AvgIpc) is 2.99. The Morgan fingerprint density at radius 1 is 0.902 bits per heavy atom. The Kier molecular flexibility index (Phi) is 7.91. The number of carbonyl (C=O) groups excluding carboxylic acids is 1. The van der Waals surface area contributed by atoms with Crippen LogP contribution in [-0.2, 0) is 6.54 Å². The summed E-state index contributed by atoms with van der Waals surface area (Å²) < 4.78 is 0. The van der Waals surface area contributed by atoms with Crippen LogP contribution in [0.5, 0.6) is 0 Å². The Hall–Kier alpha value is -5.64. The van der Waals surface area contributed by atoms with Crippen LogP contribution in [0.2, 0.25) is 0 Å². The lowest BCUT2D eigenvalue weighted by Crippen LogP contribution is -2.12. The number of nitrogens with zero attached hydrogens (tertiary/aromatic N) is 4. The molecule has 0 radical (unpaired) electrons. The number of hydrogen-bond donors (Lipinski definition) is 3. The first-order valence-corrected chi connectivity index (χ1v) is 12.9. The summed E-state index contributed by atoms with van der Waals surface area (Å²) in [4.78, 5) is 36.7. The first kappa shape index (κ1) is 26.9. The second-order valence-corrected chi connectivity index (χ2v) is 9.42. The molecule has 1 amide bonds. The second kappa shape index (κ2) is 12.0. The number of nitro groups is 1. The summed E-state index contributed by atoms with van der Waals surface area (Å²) in [6.07, 6.45) is 5.14. The summed E-state index contributed by atoms with van der Waals surface area (Å²) in [5.41, 5.74) is 7.06. The lowest BCUT2D eigenvalue weighted by molar-refractivity contribution is -0.384. The second-order valence-electron chi connectivity index (χ2n) is 9.42. The Morgan fingerprint density at radius 3 is 2.44 bits per heavy atom. The molecule has 5 rings (SSSR count). The lowest BCUT2D eigenvalue weighted by atomic mass is 10.1. The summed E-state index contributed by atoms with van der Waals surface area (Å²) in [5.74, 6) is 0.186. The van der Waals surface area contributed by atoms with Crippen molar-refractivity contribution in [3.05, 3.63) is 130 Å². The Bertz CT molecular complexity index is 1710. The number of nitro benzene ring substituents is 1. The van der Waals surface area contributed by atoms with E-state index in [0.717, 1.165) is 33.6 Å². The number of aromatic nitrogens is 3. The smallest absolute Gasteiger partial charge is 0.271 e. The van der Waals surface area contributed by atoms with Crippen molar-refractivity contribution in [1.29, 1.82) is 0 Å². The van der Waals surface area contributed by atoms with Crippen molar-refractivity contribution < 1.29 is 9.72 Å². The molecule has 0 aliphatic heterocycles. The number of amides is 1. The minimum absolute atomic E-state index is 0.0327. The van der Waals surface area contributed by atoms with Gasteiger partial charge in [-0.2, -0.15) is 0 Å². The van der Waals surface area contributed by atoms with E-state index in [4.69, 9.17) is 0 Å². The summed E-state index contributed by atoms with van der Waals surface area (Å²) in [7, 11) is 0. The van der Waals surface area contributed by atoms with Crippen molar-refractivity contribution >= 4 is 34.6 Å². The van der Waals surface area contributed by atoms with Crippen LogP contribution >= 0.6 is 0 Å². The number of aryl methyl sites for hydroxylation is 2. The summed E-state index contributed by atoms with van der Waals surface area (Å²) >= 11 is 0. The number of rotatable bonds is 9. The predicted molar refractivity (Wildman–Crippen MR) is 159 cm³/mol. The first-order chi connectivity index (χ1) is 19.9. The standard InChI is InChI=1S/C31H27N7O3/c1-20-6-12-26(38(40)41)17-28(20)34-18-22-7-9-23(10-8-22)30(39)35-25-11-5-21(2)29(16-25)37-31-33-15-13-27(36-31)24-4-3-14-32-19-24/h3-17,19,34H,18H2,1-2H3,(H,35,39)(H,33,36,37). The average molecular weight is 546 g/mol. The van der Waals surface area contributed by atoms with Crippen LogP contribution in [0.25, 0.3) is 11.3 Å². The van der Waals surface area contributed by atoms with Crippen molar-refractivity contribution in [3.8, 4) is 11.3 Å². The molecule has 0 aliphatic rings. The molecule has 3 N–H and O–H groups in total. The monoisotopic (exact) mass is 545 g/mol. The molecule has 3 aromatic carbocycles. The Morgan fingerprint density at radius 2 is 1.68 bits per heavy atom. The van der Waals surface area contributed by atoms with Gasteiger partial charge in [-0.05, 0) is 73.0 Å². The molecule has 0 fully saturated rings. The van der Waals surface area contributed by atoms with Gasteiger partial charge < -0.3 is 16.0 Å². The zero-order valence-electron chi connectivity index (χ0n) is 22.5. The summed E-state index contributed by atoms with van der Waals surface area (Å²) in [5, 5.41) is 20.5. The van der Waals surface area contributed by atoms with Crippen LogP contribution in [0.1, 0.15) is 27.0 Å². The highest BCUT2D eigenvalue weighted by Crippen LogP contribution is 2.25. The van der Waals surface area contributed by atoms with Gasteiger partial charge in [0.1, 0.15) is 0 Å². The van der Waals surface area contributed by atoms with Gasteiger partial charge in [0.15, 0.2) is 0 Å². The van der Waals surface area contributed by atoms with Crippen molar-refractivity contribution in [1.82, 2.24) is 15.0 Å². The number of pyridine rings is 1. The predicted octanol–water partition coefficient (Wildman–Crippen LogP) is 6.67. The lowest BCUT2D eigenvalue weighted by Gasteiger charge is -2.13. The minimum atomic E-state index is -0.416. The van der Waals surface area contributed by atoms with Crippen LogP contribution in [0, 0.1) is 24.0 Å². The Labute approximate surface area is 236 Å². The van der Waals surface area contributed by atoms with Crippen molar-refractivity contribution in [2.75, 3.05) is 16.0 Å².